The Labute approximate surface area is 196 Å². The first-order valence-corrected chi connectivity index (χ1v) is 11.8. The van der Waals surface area contributed by atoms with E-state index in [1.165, 1.54) is 38.8 Å². The van der Waals surface area contributed by atoms with Crippen LogP contribution in [0.25, 0.3) is 0 Å². The van der Waals surface area contributed by atoms with Crippen LogP contribution < -0.4 is 0 Å². The van der Waals surface area contributed by atoms with E-state index in [9.17, 15) is 9.59 Å². The summed E-state index contributed by atoms with van der Waals surface area (Å²) in [5.74, 6) is 2.64. The minimum absolute atomic E-state index is 0. The Bertz CT molecular complexity index is 810. The van der Waals surface area contributed by atoms with E-state index in [0.717, 1.165) is 30.3 Å². The highest BCUT2D eigenvalue weighted by atomic mass is 16.1. The van der Waals surface area contributed by atoms with Crippen molar-refractivity contribution in [2.24, 2.45) is 17.8 Å². The molecule has 2 unspecified atom stereocenters. The maximum atomic E-state index is 11.0. The Morgan fingerprint density at radius 2 is 1.38 bits per heavy atom. The van der Waals surface area contributed by atoms with Crippen molar-refractivity contribution in [1.29, 1.82) is 0 Å². The zero-order chi connectivity index (χ0) is 23.0. The van der Waals surface area contributed by atoms with Crippen molar-refractivity contribution < 1.29 is 9.59 Å². The number of hydrogen-bond donors (Lipinski definition) is 0. The molecule has 1 aliphatic carbocycles. The third kappa shape index (κ3) is 7.13. The number of ketones is 2. The van der Waals surface area contributed by atoms with Crippen LogP contribution in [0.3, 0.4) is 0 Å². The van der Waals surface area contributed by atoms with Gasteiger partial charge >= 0.3 is 0 Å². The molecule has 3 nitrogen and oxygen atoms in total. The van der Waals surface area contributed by atoms with E-state index < -0.39 is 0 Å². The van der Waals surface area contributed by atoms with Crippen molar-refractivity contribution >= 4 is 11.6 Å². The number of hydrogen-bond acceptors (Lipinski definition) is 3. The molecule has 176 valence electrons. The molecule has 2 aliphatic rings. The molecule has 0 amide bonds. The van der Waals surface area contributed by atoms with E-state index in [4.69, 9.17) is 0 Å². The van der Waals surface area contributed by atoms with Crippen molar-refractivity contribution in [2.75, 3.05) is 6.54 Å². The number of rotatable bonds is 5. The molecule has 0 N–H and O–H groups in total. The number of piperidine rings is 1. The van der Waals surface area contributed by atoms with Gasteiger partial charge in [-0.1, -0.05) is 89.7 Å². The third-order valence-electron chi connectivity index (χ3n) is 6.41. The normalized spacial score (nSPS) is 21.0. The molecule has 32 heavy (non-hydrogen) atoms. The molecular weight excluding hydrogens is 394 g/mol. The molecule has 3 atom stereocenters. The van der Waals surface area contributed by atoms with Crippen molar-refractivity contribution in [3.63, 3.8) is 0 Å². The molecule has 0 aromatic heterocycles. The fourth-order valence-corrected chi connectivity index (χ4v) is 5.00. The fourth-order valence-electron chi connectivity index (χ4n) is 5.00. The Kier molecular flexibility index (Phi) is 11.6. The van der Waals surface area contributed by atoms with E-state index in [-0.39, 0.29) is 19.0 Å². The summed E-state index contributed by atoms with van der Waals surface area (Å²) in [4.78, 5) is 24.8. The average molecular weight is 438 g/mol. The smallest absolute Gasteiger partial charge is 0.160 e. The lowest BCUT2D eigenvalue weighted by Crippen LogP contribution is -2.39. The lowest BCUT2D eigenvalue weighted by atomic mass is 9.87. The highest BCUT2D eigenvalue weighted by Crippen LogP contribution is 2.45. The Balaban J connectivity index is 0.000000304. The van der Waals surface area contributed by atoms with E-state index in [2.05, 4.69) is 49.1 Å². The molecule has 2 aromatic carbocycles. The molecule has 3 heteroatoms. The maximum Gasteiger partial charge on any atom is 0.160 e. The second-order valence-corrected chi connectivity index (χ2v) is 8.89. The van der Waals surface area contributed by atoms with Crippen molar-refractivity contribution in [3.8, 4) is 0 Å². The number of Topliss-reactive ketones (excluding diaryl/α,β-unsaturated/α-hetero) is 2. The highest BCUT2D eigenvalue weighted by molar-refractivity contribution is 6.07. The van der Waals surface area contributed by atoms with Crippen LogP contribution in [0.5, 0.6) is 0 Å². The van der Waals surface area contributed by atoms with Gasteiger partial charge < -0.3 is 0 Å². The van der Waals surface area contributed by atoms with Crippen molar-refractivity contribution in [3.05, 3.63) is 71.3 Å². The van der Waals surface area contributed by atoms with Crippen LogP contribution in [0.1, 0.15) is 88.1 Å². The third-order valence-corrected chi connectivity index (χ3v) is 6.41. The predicted molar refractivity (Wildman–Crippen MR) is 136 cm³/mol. The number of carbonyl (C=O) groups is 2. The summed E-state index contributed by atoms with van der Waals surface area (Å²) in [7, 11) is 0. The van der Waals surface area contributed by atoms with Crippen LogP contribution in [0.4, 0.5) is 0 Å². The highest BCUT2D eigenvalue weighted by Gasteiger charge is 2.45. The van der Waals surface area contributed by atoms with Crippen LogP contribution in [0.2, 0.25) is 0 Å². The minimum Gasteiger partial charge on any atom is -0.296 e. The molecule has 2 fully saturated rings. The number of carbonyl (C=O) groups excluding carboxylic acids is 2. The van der Waals surface area contributed by atoms with E-state index in [1.54, 1.807) is 24.3 Å². The summed E-state index contributed by atoms with van der Waals surface area (Å²) in [5.41, 5.74) is 2.48. The van der Waals surface area contributed by atoms with Crippen LogP contribution in [-0.2, 0) is 6.54 Å². The predicted octanol–water partition coefficient (Wildman–Crippen LogP) is 7.31. The van der Waals surface area contributed by atoms with Crippen LogP contribution >= 0.6 is 0 Å². The van der Waals surface area contributed by atoms with E-state index in [1.807, 2.05) is 13.8 Å². The van der Waals surface area contributed by atoms with Crippen LogP contribution in [-0.4, -0.2) is 29.1 Å². The Morgan fingerprint density at radius 1 is 0.875 bits per heavy atom. The molecule has 1 heterocycles. The maximum absolute atomic E-state index is 11.0. The van der Waals surface area contributed by atoms with Gasteiger partial charge in [0.2, 0.25) is 0 Å². The fraction of sp³-hybridized carbons (Fsp3) is 0.517. The summed E-state index contributed by atoms with van der Waals surface area (Å²) in [5, 5.41) is 0. The molecule has 0 radical (unpaired) electrons. The van der Waals surface area contributed by atoms with Gasteiger partial charge in [-0.15, -0.1) is 0 Å². The number of likely N-dealkylation sites (tertiary alicyclic amines) is 1. The number of nitrogens with zero attached hydrogens (tertiary/aromatic N) is 1. The Morgan fingerprint density at radius 3 is 1.81 bits per heavy atom. The first-order chi connectivity index (χ1) is 14.9. The quantitative estimate of drug-likeness (QED) is 0.460. The summed E-state index contributed by atoms with van der Waals surface area (Å²) < 4.78 is 0. The molecule has 4 rings (SSSR count). The summed E-state index contributed by atoms with van der Waals surface area (Å²) in [6.07, 6.45) is 2.93. The Hall–Kier alpha value is -2.26. The van der Waals surface area contributed by atoms with Gasteiger partial charge in [-0.05, 0) is 50.0 Å². The molecule has 1 saturated heterocycles. The molecule has 2 aromatic rings. The van der Waals surface area contributed by atoms with Gasteiger partial charge in [0.15, 0.2) is 11.6 Å². The standard InChI is InChI=1S/C16H23N.C10H10O2.C2H6.CH4/c1-12(2)15-8-14-9-16(15)17(11-14)10-13-6-4-3-5-7-13;1-7(11)9-5-3-4-6-10(9)8(2)12;1-2;/h3-7,12,14-16H,8-11H2,1-2H3;3-6H,1-2H3;1-2H3;1H4/t14-,15?,16?;;;/m0.../s1. The second kappa shape index (κ2) is 13.3. The minimum atomic E-state index is -0.0687. The average Bonchev–Trinajstić information content (AvgIpc) is 3.37. The zero-order valence-corrected chi connectivity index (χ0v) is 20.1. The first kappa shape index (κ1) is 27.8. The van der Waals surface area contributed by atoms with Crippen molar-refractivity contribution in [1.82, 2.24) is 4.90 Å². The van der Waals surface area contributed by atoms with Crippen LogP contribution in [0, 0.1) is 17.8 Å². The van der Waals surface area contributed by atoms with Gasteiger partial charge in [0.25, 0.3) is 0 Å². The number of benzene rings is 2. The van der Waals surface area contributed by atoms with E-state index >= 15 is 0 Å². The van der Waals surface area contributed by atoms with Gasteiger partial charge in [0, 0.05) is 30.3 Å². The molecule has 0 spiro atoms. The lowest BCUT2D eigenvalue weighted by Gasteiger charge is -2.35. The topological polar surface area (TPSA) is 37.4 Å². The van der Waals surface area contributed by atoms with Crippen LogP contribution in [0.15, 0.2) is 54.6 Å². The lowest BCUT2D eigenvalue weighted by molar-refractivity contribution is 0.0981. The van der Waals surface area contributed by atoms with Gasteiger partial charge in [-0.2, -0.15) is 0 Å². The van der Waals surface area contributed by atoms with Crippen molar-refractivity contribution in [2.45, 2.75) is 74.4 Å². The second-order valence-electron chi connectivity index (χ2n) is 8.89. The van der Waals surface area contributed by atoms with Gasteiger partial charge in [-0.3, -0.25) is 14.5 Å². The summed E-state index contributed by atoms with van der Waals surface area (Å²) in [6.45, 7) is 14.2. The molecule has 1 aliphatic heterocycles. The number of fused-ring (bicyclic) bond motifs is 2. The molecular formula is C29H43NO2. The largest absolute Gasteiger partial charge is 0.296 e. The SMILES string of the molecule is C.CC.CC(=O)c1ccccc1C(C)=O.CC(C)C1C[C@H]2CC1N(Cc1ccccc1)C2. The summed E-state index contributed by atoms with van der Waals surface area (Å²) in [6, 6.07) is 18.6. The summed E-state index contributed by atoms with van der Waals surface area (Å²) >= 11 is 0. The zero-order valence-electron chi connectivity index (χ0n) is 20.1. The monoisotopic (exact) mass is 437 g/mol. The van der Waals surface area contributed by atoms with E-state index in [0.29, 0.717) is 11.1 Å². The van der Waals surface area contributed by atoms with Gasteiger partial charge in [-0.25, -0.2) is 0 Å². The molecule has 2 bridgehead atoms. The molecule has 1 saturated carbocycles. The van der Waals surface area contributed by atoms with Gasteiger partial charge in [0.05, 0.1) is 0 Å². The van der Waals surface area contributed by atoms with Gasteiger partial charge in [0.1, 0.15) is 0 Å². The first-order valence-electron chi connectivity index (χ1n) is 11.8.